The van der Waals surface area contributed by atoms with Gasteiger partial charge in [-0.1, -0.05) is 12.8 Å². The van der Waals surface area contributed by atoms with Crippen molar-refractivity contribution in [2.24, 2.45) is 0 Å². The summed E-state index contributed by atoms with van der Waals surface area (Å²) in [6.07, 6.45) is 5.35. The van der Waals surface area contributed by atoms with Crippen LogP contribution in [-0.2, 0) is 9.05 Å². The summed E-state index contributed by atoms with van der Waals surface area (Å²) in [7, 11) is -0.562. The van der Waals surface area contributed by atoms with Crippen LogP contribution >= 0.6 is 8.38 Å². The van der Waals surface area contributed by atoms with Gasteiger partial charge in [-0.25, -0.2) is 0 Å². The topological polar surface area (TPSA) is 18.5 Å². The van der Waals surface area contributed by atoms with Crippen molar-refractivity contribution in [1.82, 2.24) is 0 Å². The normalized spacial score (nSPS) is 19.2. The van der Waals surface area contributed by atoms with Gasteiger partial charge in [0.25, 0.3) is 0 Å². The predicted octanol–water partition coefficient (Wildman–Crippen LogP) is 3.31. The van der Waals surface area contributed by atoms with E-state index < -0.39 is 8.38 Å². The molecule has 1 aliphatic rings. The third-order valence-electron chi connectivity index (χ3n) is 2.14. The van der Waals surface area contributed by atoms with Crippen LogP contribution in [-0.4, -0.2) is 18.9 Å². The molecule has 0 saturated heterocycles. The van der Waals surface area contributed by atoms with Gasteiger partial charge in [0, 0.05) is 5.66 Å². The molecule has 0 unspecified atom stereocenters. The smallest absolute Gasteiger partial charge is 0.173 e. The maximum atomic E-state index is 5.61. The van der Waals surface area contributed by atoms with Crippen molar-refractivity contribution in [1.29, 1.82) is 0 Å². The molecule has 1 saturated carbocycles. The molecule has 72 valence electrons. The summed E-state index contributed by atoms with van der Waals surface area (Å²) in [5.74, 6) is 0. The van der Waals surface area contributed by atoms with E-state index in [1.165, 1.54) is 25.7 Å². The average Bonchev–Trinajstić information content (AvgIpc) is 2.56. The fraction of sp³-hybridized carbons (Fsp3) is 1.00. The molecule has 0 spiro atoms. The van der Waals surface area contributed by atoms with Gasteiger partial charge in [0.15, 0.2) is 8.38 Å². The maximum absolute atomic E-state index is 5.61. The van der Waals surface area contributed by atoms with Crippen LogP contribution in [0.2, 0.25) is 0 Å². The Kier molecular flexibility index (Phi) is 5.13. The van der Waals surface area contributed by atoms with Crippen molar-refractivity contribution >= 4 is 8.38 Å². The number of hydrogen-bond acceptors (Lipinski definition) is 2. The van der Waals surface area contributed by atoms with Crippen LogP contribution in [0.4, 0.5) is 0 Å². The van der Waals surface area contributed by atoms with Gasteiger partial charge in [-0.2, -0.15) is 0 Å². The molecule has 0 heterocycles. The van der Waals surface area contributed by atoms with E-state index in [0.29, 0.717) is 0 Å². The zero-order valence-corrected chi connectivity index (χ0v) is 8.98. The van der Waals surface area contributed by atoms with Crippen LogP contribution in [0, 0.1) is 0 Å². The van der Waals surface area contributed by atoms with Crippen LogP contribution in [0.3, 0.4) is 0 Å². The Morgan fingerprint density at radius 3 is 2.00 bits per heavy atom. The van der Waals surface area contributed by atoms with E-state index in [-0.39, 0.29) is 0 Å². The first-order valence-electron chi connectivity index (χ1n) is 4.93. The van der Waals surface area contributed by atoms with E-state index in [1.54, 1.807) is 0 Å². The lowest BCUT2D eigenvalue weighted by molar-refractivity contribution is 0.262. The van der Waals surface area contributed by atoms with Crippen molar-refractivity contribution < 1.29 is 9.05 Å². The average molecular weight is 190 g/mol. The van der Waals surface area contributed by atoms with Gasteiger partial charge < -0.3 is 9.05 Å². The Labute approximate surface area is 76.6 Å². The fourth-order valence-corrected chi connectivity index (χ4v) is 3.41. The van der Waals surface area contributed by atoms with E-state index in [4.69, 9.17) is 9.05 Å². The lowest BCUT2D eigenvalue weighted by Gasteiger charge is -2.21. The van der Waals surface area contributed by atoms with E-state index in [0.717, 1.165) is 18.9 Å². The van der Waals surface area contributed by atoms with Gasteiger partial charge in [0.1, 0.15) is 0 Å². The molecule has 0 bridgehead atoms. The summed E-state index contributed by atoms with van der Waals surface area (Å²) < 4.78 is 11.2. The van der Waals surface area contributed by atoms with Crippen molar-refractivity contribution in [2.75, 3.05) is 13.2 Å². The molecule has 2 nitrogen and oxygen atoms in total. The van der Waals surface area contributed by atoms with Crippen molar-refractivity contribution in [2.45, 2.75) is 45.2 Å². The standard InChI is InChI=1S/C9H19O2P/c1-3-10-12(11-4-2)9-7-5-6-8-9/h9H,3-8H2,1-2H3. The highest BCUT2D eigenvalue weighted by atomic mass is 31.2. The highest BCUT2D eigenvalue weighted by Gasteiger charge is 2.26. The van der Waals surface area contributed by atoms with Crippen LogP contribution in [0.15, 0.2) is 0 Å². The summed E-state index contributed by atoms with van der Waals surface area (Å²) in [5, 5.41) is 0. The van der Waals surface area contributed by atoms with Gasteiger partial charge in [-0.3, -0.25) is 0 Å². The van der Waals surface area contributed by atoms with Gasteiger partial charge in [0.2, 0.25) is 0 Å². The third-order valence-corrected chi connectivity index (χ3v) is 4.27. The minimum absolute atomic E-state index is 0.562. The first-order valence-corrected chi connectivity index (χ1v) is 6.18. The summed E-state index contributed by atoms with van der Waals surface area (Å²) in [6, 6.07) is 0. The van der Waals surface area contributed by atoms with E-state index in [9.17, 15) is 0 Å². The zero-order valence-electron chi connectivity index (χ0n) is 8.08. The van der Waals surface area contributed by atoms with Crippen LogP contribution in [0.5, 0.6) is 0 Å². The molecule has 0 aromatic rings. The van der Waals surface area contributed by atoms with Crippen molar-refractivity contribution in [3.8, 4) is 0 Å². The first-order chi connectivity index (χ1) is 5.88. The molecular weight excluding hydrogens is 171 g/mol. The Morgan fingerprint density at radius 2 is 1.58 bits per heavy atom. The second-order valence-corrected chi connectivity index (χ2v) is 4.88. The minimum Gasteiger partial charge on any atom is -0.334 e. The highest BCUT2D eigenvalue weighted by Crippen LogP contribution is 2.50. The summed E-state index contributed by atoms with van der Waals surface area (Å²) in [6.45, 7) is 5.68. The molecule has 1 fully saturated rings. The Hall–Kier alpha value is 0.350. The van der Waals surface area contributed by atoms with Gasteiger partial charge in [-0.05, 0) is 26.7 Å². The van der Waals surface area contributed by atoms with Crippen LogP contribution in [0.1, 0.15) is 39.5 Å². The Morgan fingerprint density at radius 1 is 1.08 bits per heavy atom. The quantitative estimate of drug-likeness (QED) is 0.619. The monoisotopic (exact) mass is 190 g/mol. The molecule has 1 rings (SSSR count). The molecule has 0 aromatic heterocycles. The summed E-state index contributed by atoms with van der Waals surface area (Å²) >= 11 is 0. The van der Waals surface area contributed by atoms with Crippen molar-refractivity contribution in [3.63, 3.8) is 0 Å². The molecule has 3 heteroatoms. The number of rotatable bonds is 5. The molecule has 0 N–H and O–H groups in total. The van der Waals surface area contributed by atoms with Gasteiger partial charge in [-0.15, -0.1) is 0 Å². The highest BCUT2D eigenvalue weighted by molar-refractivity contribution is 7.48. The maximum Gasteiger partial charge on any atom is 0.173 e. The molecular formula is C9H19O2P. The van der Waals surface area contributed by atoms with E-state index >= 15 is 0 Å². The van der Waals surface area contributed by atoms with Gasteiger partial charge in [0.05, 0.1) is 13.2 Å². The largest absolute Gasteiger partial charge is 0.334 e. The van der Waals surface area contributed by atoms with Crippen LogP contribution < -0.4 is 0 Å². The molecule has 0 radical (unpaired) electrons. The molecule has 0 amide bonds. The van der Waals surface area contributed by atoms with E-state index in [1.807, 2.05) is 13.8 Å². The summed E-state index contributed by atoms with van der Waals surface area (Å²) in [4.78, 5) is 0. The van der Waals surface area contributed by atoms with Crippen LogP contribution in [0.25, 0.3) is 0 Å². The molecule has 12 heavy (non-hydrogen) atoms. The molecule has 1 aliphatic carbocycles. The first kappa shape index (κ1) is 10.4. The molecule has 0 atom stereocenters. The van der Waals surface area contributed by atoms with Crippen molar-refractivity contribution in [3.05, 3.63) is 0 Å². The minimum atomic E-state index is -0.562. The van der Waals surface area contributed by atoms with E-state index in [2.05, 4.69) is 0 Å². The zero-order chi connectivity index (χ0) is 8.81. The second-order valence-electron chi connectivity index (χ2n) is 3.06. The lowest BCUT2D eigenvalue weighted by Crippen LogP contribution is -2.04. The second kappa shape index (κ2) is 5.90. The predicted molar refractivity (Wildman–Crippen MR) is 52.4 cm³/mol. The lowest BCUT2D eigenvalue weighted by atomic mass is 10.4. The summed E-state index contributed by atoms with van der Waals surface area (Å²) in [5.41, 5.74) is 0.722. The molecule has 0 aromatic carbocycles. The fourth-order valence-electron chi connectivity index (χ4n) is 1.62. The Bertz CT molecular complexity index is 107. The Balaban J connectivity index is 2.29. The SMILES string of the molecule is CCOP(OCC)C1CCCC1. The molecule has 0 aliphatic heterocycles. The number of hydrogen-bond donors (Lipinski definition) is 0. The van der Waals surface area contributed by atoms with Gasteiger partial charge >= 0.3 is 0 Å². The third kappa shape index (κ3) is 3.01.